The molecule has 1 nitrogen and oxygen atoms in total. The van der Waals surface area contributed by atoms with Crippen LogP contribution in [0.2, 0.25) is 0 Å². The van der Waals surface area contributed by atoms with Crippen LogP contribution in [-0.2, 0) is 11.2 Å². The molecule has 1 fully saturated rings. The fourth-order valence-corrected chi connectivity index (χ4v) is 2.52. The van der Waals surface area contributed by atoms with Crippen molar-refractivity contribution in [2.75, 3.05) is 6.61 Å². The maximum Gasteiger partial charge on any atom is 0.129 e. The standard InChI is InChI=1S/C13H15ClF2O/c1-8-5-9(7-17-8)11(14)6-10-12(15)3-2-4-13(10)16/h2-4,8-9,11H,5-7H2,1H3. The molecule has 0 radical (unpaired) electrons. The van der Waals surface area contributed by atoms with Crippen LogP contribution in [0, 0.1) is 17.6 Å². The highest BCUT2D eigenvalue weighted by Crippen LogP contribution is 2.29. The van der Waals surface area contributed by atoms with Gasteiger partial charge in [-0.3, -0.25) is 0 Å². The van der Waals surface area contributed by atoms with E-state index < -0.39 is 11.6 Å². The van der Waals surface area contributed by atoms with E-state index in [0.29, 0.717) is 6.61 Å². The Labute approximate surface area is 105 Å². The third kappa shape index (κ3) is 2.96. The van der Waals surface area contributed by atoms with Crippen LogP contribution in [-0.4, -0.2) is 18.1 Å². The first-order valence-corrected chi connectivity index (χ1v) is 6.20. The van der Waals surface area contributed by atoms with Gasteiger partial charge in [0, 0.05) is 16.9 Å². The molecule has 17 heavy (non-hydrogen) atoms. The molecular weight excluding hydrogens is 246 g/mol. The zero-order chi connectivity index (χ0) is 12.4. The van der Waals surface area contributed by atoms with Crippen molar-refractivity contribution >= 4 is 11.6 Å². The average molecular weight is 261 g/mol. The van der Waals surface area contributed by atoms with E-state index in [1.165, 1.54) is 18.2 Å². The molecule has 0 bridgehead atoms. The van der Waals surface area contributed by atoms with Gasteiger partial charge in [0.05, 0.1) is 12.7 Å². The Balaban J connectivity index is 2.05. The lowest BCUT2D eigenvalue weighted by Gasteiger charge is -2.16. The van der Waals surface area contributed by atoms with E-state index in [-0.39, 0.29) is 29.4 Å². The molecule has 1 aliphatic rings. The van der Waals surface area contributed by atoms with Crippen molar-refractivity contribution in [2.24, 2.45) is 5.92 Å². The first-order valence-electron chi connectivity index (χ1n) is 5.76. The van der Waals surface area contributed by atoms with Gasteiger partial charge in [-0.05, 0) is 31.9 Å². The number of hydrogen-bond acceptors (Lipinski definition) is 1. The van der Waals surface area contributed by atoms with Gasteiger partial charge in [0.1, 0.15) is 11.6 Å². The van der Waals surface area contributed by atoms with E-state index in [1.807, 2.05) is 6.92 Å². The second kappa shape index (κ2) is 5.32. The van der Waals surface area contributed by atoms with Gasteiger partial charge in [0.15, 0.2) is 0 Å². The Morgan fingerprint density at radius 2 is 2.06 bits per heavy atom. The van der Waals surface area contributed by atoms with E-state index >= 15 is 0 Å². The van der Waals surface area contributed by atoms with E-state index in [4.69, 9.17) is 16.3 Å². The molecule has 0 aliphatic carbocycles. The van der Waals surface area contributed by atoms with Gasteiger partial charge in [-0.15, -0.1) is 11.6 Å². The normalized spacial score (nSPS) is 26.1. The molecule has 1 heterocycles. The summed E-state index contributed by atoms with van der Waals surface area (Å²) in [6, 6.07) is 3.88. The van der Waals surface area contributed by atoms with Crippen LogP contribution >= 0.6 is 11.6 Å². The Hall–Kier alpha value is -0.670. The molecule has 1 aromatic rings. The summed E-state index contributed by atoms with van der Waals surface area (Å²) in [7, 11) is 0. The van der Waals surface area contributed by atoms with Crippen molar-refractivity contribution in [2.45, 2.75) is 31.2 Å². The predicted molar refractivity (Wildman–Crippen MR) is 63.2 cm³/mol. The maximum atomic E-state index is 13.4. The summed E-state index contributed by atoms with van der Waals surface area (Å²) in [6.07, 6.45) is 1.25. The minimum atomic E-state index is -0.525. The van der Waals surface area contributed by atoms with Gasteiger partial charge in [0.2, 0.25) is 0 Å². The fourth-order valence-electron chi connectivity index (χ4n) is 2.19. The molecule has 3 atom stereocenters. The van der Waals surface area contributed by atoms with E-state index in [2.05, 4.69) is 0 Å². The molecule has 0 spiro atoms. The van der Waals surface area contributed by atoms with Crippen LogP contribution in [0.4, 0.5) is 8.78 Å². The summed E-state index contributed by atoms with van der Waals surface area (Å²) in [5, 5.41) is -0.286. The number of halogens is 3. The quantitative estimate of drug-likeness (QED) is 0.756. The first kappa shape index (κ1) is 12.8. The highest BCUT2D eigenvalue weighted by atomic mass is 35.5. The van der Waals surface area contributed by atoms with E-state index in [1.54, 1.807) is 0 Å². The lowest BCUT2D eigenvalue weighted by Crippen LogP contribution is -2.19. The van der Waals surface area contributed by atoms with Gasteiger partial charge in [-0.1, -0.05) is 6.07 Å². The van der Waals surface area contributed by atoms with Crippen LogP contribution in [0.25, 0.3) is 0 Å². The molecule has 0 N–H and O–H groups in total. The van der Waals surface area contributed by atoms with Gasteiger partial charge < -0.3 is 4.74 Å². The third-order valence-electron chi connectivity index (χ3n) is 3.20. The Bertz CT molecular complexity index is 377. The van der Waals surface area contributed by atoms with Crippen molar-refractivity contribution in [1.82, 2.24) is 0 Å². The number of hydrogen-bond donors (Lipinski definition) is 0. The van der Waals surface area contributed by atoms with Crippen molar-refractivity contribution in [3.63, 3.8) is 0 Å². The molecule has 3 unspecified atom stereocenters. The van der Waals surface area contributed by atoms with Crippen molar-refractivity contribution in [1.29, 1.82) is 0 Å². The van der Waals surface area contributed by atoms with Crippen molar-refractivity contribution in [3.8, 4) is 0 Å². The summed E-state index contributed by atoms with van der Waals surface area (Å²) in [4.78, 5) is 0. The predicted octanol–water partition coefficient (Wildman–Crippen LogP) is 3.54. The number of ether oxygens (including phenoxy) is 1. The summed E-state index contributed by atoms with van der Waals surface area (Å²) >= 11 is 6.22. The highest BCUT2D eigenvalue weighted by Gasteiger charge is 2.29. The van der Waals surface area contributed by atoms with Crippen LogP contribution in [0.5, 0.6) is 0 Å². The van der Waals surface area contributed by atoms with Crippen molar-refractivity contribution in [3.05, 3.63) is 35.4 Å². The molecule has 0 saturated carbocycles. The summed E-state index contributed by atoms with van der Waals surface area (Å²) in [6.45, 7) is 2.55. The third-order valence-corrected chi connectivity index (χ3v) is 3.71. The average Bonchev–Trinajstić information content (AvgIpc) is 2.70. The molecule has 2 rings (SSSR count). The minimum absolute atomic E-state index is 0.0760. The monoisotopic (exact) mass is 260 g/mol. The van der Waals surface area contributed by atoms with Crippen LogP contribution < -0.4 is 0 Å². The van der Waals surface area contributed by atoms with Crippen LogP contribution in [0.3, 0.4) is 0 Å². The molecule has 1 saturated heterocycles. The Morgan fingerprint density at radius 1 is 1.41 bits per heavy atom. The second-order valence-electron chi connectivity index (χ2n) is 4.56. The molecule has 4 heteroatoms. The van der Waals surface area contributed by atoms with Crippen LogP contribution in [0.1, 0.15) is 18.9 Å². The smallest absolute Gasteiger partial charge is 0.129 e. The lowest BCUT2D eigenvalue weighted by molar-refractivity contribution is 0.119. The number of rotatable bonds is 3. The fraction of sp³-hybridized carbons (Fsp3) is 0.538. The molecule has 0 amide bonds. The second-order valence-corrected chi connectivity index (χ2v) is 5.12. The van der Waals surface area contributed by atoms with Crippen LogP contribution in [0.15, 0.2) is 18.2 Å². The topological polar surface area (TPSA) is 9.23 Å². The Kier molecular flexibility index (Phi) is 4.00. The summed E-state index contributed by atoms with van der Waals surface area (Å²) in [5.74, 6) is -0.879. The molecular formula is C13H15ClF2O. The highest BCUT2D eigenvalue weighted by molar-refractivity contribution is 6.21. The van der Waals surface area contributed by atoms with Gasteiger partial charge >= 0.3 is 0 Å². The van der Waals surface area contributed by atoms with Gasteiger partial charge in [0.25, 0.3) is 0 Å². The van der Waals surface area contributed by atoms with Crippen molar-refractivity contribution < 1.29 is 13.5 Å². The number of alkyl halides is 1. The molecule has 1 aliphatic heterocycles. The largest absolute Gasteiger partial charge is 0.378 e. The number of benzene rings is 1. The summed E-state index contributed by atoms with van der Waals surface area (Å²) < 4.78 is 32.3. The van der Waals surface area contributed by atoms with Gasteiger partial charge in [-0.25, -0.2) is 8.78 Å². The van der Waals surface area contributed by atoms with Gasteiger partial charge in [-0.2, -0.15) is 0 Å². The minimum Gasteiger partial charge on any atom is -0.378 e. The molecule has 1 aromatic carbocycles. The van der Waals surface area contributed by atoms with E-state index in [0.717, 1.165) is 6.42 Å². The first-order chi connectivity index (χ1) is 8.08. The Morgan fingerprint density at radius 3 is 2.59 bits per heavy atom. The molecule has 0 aromatic heterocycles. The summed E-state index contributed by atoms with van der Waals surface area (Å²) in [5.41, 5.74) is 0.0760. The lowest BCUT2D eigenvalue weighted by atomic mass is 9.96. The zero-order valence-corrected chi connectivity index (χ0v) is 10.4. The SMILES string of the molecule is CC1CC(C(Cl)Cc2c(F)cccc2F)CO1. The zero-order valence-electron chi connectivity index (χ0n) is 9.63. The molecule has 94 valence electrons. The van der Waals surface area contributed by atoms with E-state index in [9.17, 15) is 8.78 Å². The maximum absolute atomic E-state index is 13.4.